The van der Waals surface area contributed by atoms with Gasteiger partial charge in [0.2, 0.25) is 0 Å². The van der Waals surface area contributed by atoms with Crippen molar-refractivity contribution < 1.29 is 28.2 Å². The molecule has 0 spiro atoms. The Bertz CT molecular complexity index is 1380. The second-order valence-corrected chi connectivity index (χ2v) is 12.3. The van der Waals surface area contributed by atoms with E-state index in [9.17, 15) is 9.59 Å². The number of nitrogen functional groups attached to an aromatic ring is 1. The van der Waals surface area contributed by atoms with E-state index in [1.807, 2.05) is 48.3 Å². The van der Waals surface area contributed by atoms with Crippen LogP contribution in [0.4, 0.5) is 15.8 Å². The zero-order chi connectivity index (χ0) is 29.6. The predicted molar refractivity (Wildman–Crippen MR) is 163 cm³/mol. The number of rotatable bonds is 11. The molecule has 220 valence electrons. The number of hydrogen-bond acceptors (Lipinski definition) is 10. The van der Waals surface area contributed by atoms with E-state index in [4.69, 9.17) is 19.9 Å². The van der Waals surface area contributed by atoms with Crippen molar-refractivity contribution in [1.82, 2.24) is 4.31 Å². The van der Waals surface area contributed by atoms with Gasteiger partial charge in [-0.25, -0.2) is 18.3 Å². The van der Waals surface area contributed by atoms with E-state index in [2.05, 4.69) is 29.5 Å². The summed E-state index contributed by atoms with van der Waals surface area (Å²) in [6.45, 7) is 6.72. The van der Waals surface area contributed by atoms with Gasteiger partial charge in [-0.05, 0) is 69.0 Å². The van der Waals surface area contributed by atoms with Gasteiger partial charge in [-0.2, -0.15) is 0 Å². The second-order valence-electron chi connectivity index (χ2n) is 10.3. The van der Waals surface area contributed by atoms with Gasteiger partial charge in [-0.15, -0.1) is 11.3 Å². The first-order chi connectivity index (χ1) is 19.6. The fourth-order valence-electron chi connectivity index (χ4n) is 4.84. The molecule has 11 heteroatoms. The zero-order valence-electron chi connectivity index (χ0n) is 23.7. The van der Waals surface area contributed by atoms with Crippen molar-refractivity contribution in [1.29, 1.82) is 0 Å². The standard InChI is InChI=1S/C30H36FN3O5S2/c1-5-38-24(35)17-39-26-25(31)27(41-28(26)29(36)37-4)20-9-7-11-22(15-20)33-23-12-13-34(30(2,3)16-23)40-18-19-8-6-10-21(32)14-19/h6-11,14-15,23,33H,5,12-13,16-18,32H2,1-4H3. The number of benzene rings is 2. The molecule has 0 bridgehead atoms. The van der Waals surface area contributed by atoms with E-state index >= 15 is 4.39 Å². The fraction of sp³-hybridized carbons (Fsp3) is 0.400. The number of nitrogens with two attached hydrogens (primary N) is 1. The van der Waals surface area contributed by atoms with E-state index in [0.29, 0.717) is 5.56 Å². The maximum Gasteiger partial charge on any atom is 0.352 e. The summed E-state index contributed by atoms with van der Waals surface area (Å²) in [5.74, 6) is -1.56. The Kier molecular flexibility index (Phi) is 10.2. The van der Waals surface area contributed by atoms with Crippen LogP contribution < -0.4 is 15.8 Å². The van der Waals surface area contributed by atoms with Crippen molar-refractivity contribution in [3.05, 3.63) is 64.8 Å². The number of piperidine rings is 1. The Labute approximate surface area is 248 Å². The van der Waals surface area contributed by atoms with Gasteiger partial charge in [-0.1, -0.05) is 36.2 Å². The van der Waals surface area contributed by atoms with Gasteiger partial charge < -0.3 is 25.3 Å². The summed E-state index contributed by atoms with van der Waals surface area (Å²) in [5, 5.41) is 3.62. The summed E-state index contributed by atoms with van der Waals surface area (Å²) in [4.78, 5) is 24.3. The Balaban J connectivity index is 1.45. The lowest BCUT2D eigenvalue weighted by atomic mass is 9.89. The van der Waals surface area contributed by atoms with E-state index in [1.54, 1.807) is 13.0 Å². The van der Waals surface area contributed by atoms with E-state index < -0.39 is 24.4 Å². The van der Waals surface area contributed by atoms with Crippen LogP contribution in [0.15, 0.2) is 48.5 Å². The fourth-order valence-corrected chi connectivity index (χ4v) is 7.02. The van der Waals surface area contributed by atoms with Gasteiger partial charge >= 0.3 is 11.9 Å². The lowest BCUT2D eigenvalue weighted by Crippen LogP contribution is -2.49. The van der Waals surface area contributed by atoms with Crippen LogP contribution in [0.3, 0.4) is 0 Å². The first-order valence-corrected chi connectivity index (χ1v) is 15.2. The predicted octanol–water partition coefficient (Wildman–Crippen LogP) is 6.37. The van der Waals surface area contributed by atoms with Crippen LogP contribution in [-0.4, -0.2) is 54.7 Å². The Morgan fingerprint density at radius 2 is 2.00 bits per heavy atom. The normalized spacial score (nSPS) is 16.7. The molecule has 2 aromatic carbocycles. The van der Waals surface area contributed by atoms with Crippen LogP contribution in [0.5, 0.6) is 5.75 Å². The molecular weight excluding hydrogens is 565 g/mol. The van der Waals surface area contributed by atoms with E-state index in [-0.39, 0.29) is 33.7 Å². The molecule has 0 amide bonds. The third kappa shape index (κ3) is 7.72. The highest BCUT2D eigenvalue weighted by atomic mass is 32.2. The van der Waals surface area contributed by atoms with Crippen molar-refractivity contribution in [2.24, 2.45) is 0 Å². The summed E-state index contributed by atoms with van der Waals surface area (Å²) in [6, 6.07) is 15.6. The molecule has 0 aliphatic carbocycles. The molecule has 1 aromatic heterocycles. The summed E-state index contributed by atoms with van der Waals surface area (Å²) < 4.78 is 33.0. The van der Waals surface area contributed by atoms with Crippen LogP contribution in [0.2, 0.25) is 0 Å². The van der Waals surface area contributed by atoms with Gasteiger partial charge in [0.05, 0.1) is 18.6 Å². The van der Waals surface area contributed by atoms with Gasteiger partial charge in [0.25, 0.3) is 0 Å². The minimum absolute atomic E-state index is 0.0427. The van der Waals surface area contributed by atoms with Crippen LogP contribution >= 0.6 is 23.3 Å². The second kappa shape index (κ2) is 13.6. The van der Waals surface area contributed by atoms with Crippen molar-refractivity contribution in [3.8, 4) is 16.2 Å². The minimum Gasteiger partial charge on any atom is -0.477 e. The number of ether oxygens (including phenoxy) is 3. The lowest BCUT2D eigenvalue weighted by Gasteiger charge is -2.45. The topological polar surface area (TPSA) is 103 Å². The average Bonchev–Trinajstić information content (AvgIpc) is 3.27. The van der Waals surface area contributed by atoms with Crippen molar-refractivity contribution in [2.45, 2.75) is 50.9 Å². The number of halogens is 1. The quantitative estimate of drug-likeness (QED) is 0.147. The number of anilines is 2. The van der Waals surface area contributed by atoms with Crippen LogP contribution in [0.1, 0.15) is 48.8 Å². The lowest BCUT2D eigenvalue weighted by molar-refractivity contribution is -0.145. The molecular formula is C30H36FN3O5S2. The van der Waals surface area contributed by atoms with Crippen LogP contribution in [0.25, 0.3) is 10.4 Å². The SMILES string of the molecule is CCOC(=O)COc1c(C(=O)OC)sc(-c2cccc(NC3CCN(SCc4cccc(N)c4)C(C)(C)C3)c2)c1F. The van der Waals surface area contributed by atoms with E-state index in [0.717, 1.165) is 47.9 Å². The number of carbonyl (C=O) groups excluding carboxylic acids is 2. The molecule has 1 aliphatic rings. The third-order valence-corrected chi connectivity index (χ3v) is 9.38. The van der Waals surface area contributed by atoms with E-state index in [1.165, 1.54) is 12.7 Å². The molecule has 1 atom stereocenters. The molecule has 1 fully saturated rings. The van der Waals surface area contributed by atoms with Gasteiger partial charge in [-0.3, -0.25) is 0 Å². The molecule has 0 radical (unpaired) electrons. The molecule has 1 aliphatic heterocycles. The number of hydrogen-bond donors (Lipinski definition) is 2. The zero-order valence-corrected chi connectivity index (χ0v) is 25.3. The first kappa shape index (κ1) is 30.7. The molecule has 3 N–H and O–H groups in total. The highest BCUT2D eigenvalue weighted by molar-refractivity contribution is 7.96. The average molecular weight is 602 g/mol. The largest absolute Gasteiger partial charge is 0.477 e. The molecule has 2 heterocycles. The summed E-state index contributed by atoms with van der Waals surface area (Å²) >= 11 is 2.75. The number of carbonyl (C=O) groups is 2. The molecule has 1 unspecified atom stereocenters. The third-order valence-electron chi connectivity index (χ3n) is 6.75. The number of nitrogens with one attached hydrogen (secondary N) is 1. The highest BCUT2D eigenvalue weighted by Gasteiger charge is 2.35. The molecule has 0 saturated carbocycles. The van der Waals surface area contributed by atoms with Crippen molar-refractivity contribution in [3.63, 3.8) is 0 Å². The number of methoxy groups -OCH3 is 1. The molecule has 8 nitrogen and oxygen atoms in total. The number of thiophene rings is 1. The maximum absolute atomic E-state index is 15.6. The Morgan fingerprint density at radius 1 is 1.22 bits per heavy atom. The first-order valence-electron chi connectivity index (χ1n) is 13.4. The van der Waals surface area contributed by atoms with Crippen LogP contribution in [-0.2, 0) is 20.0 Å². The highest BCUT2D eigenvalue weighted by Crippen LogP contribution is 2.42. The molecule has 1 saturated heterocycles. The maximum atomic E-state index is 15.6. The van der Waals surface area contributed by atoms with Gasteiger partial charge in [0.1, 0.15) is 0 Å². The Hall–Kier alpha value is -3.28. The molecule has 4 rings (SSSR count). The minimum atomic E-state index is -0.740. The van der Waals surface area contributed by atoms with Crippen molar-refractivity contribution >= 4 is 46.6 Å². The van der Waals surface area contributed by atoms with Crippen LogP contribution in [0, 0.1) is 5.82 Å². The smallest absolute Gasteiger partial charge is 0.352 e. The Morgan fingerprint density at radius 3 is 2.71 bits per heavy atom. The summed E-state index contributed by atoms with van der Waals surface area (Å²) in [6.07, 6.45) is 1.87. The molecule has 3 aromatic rings. The van der Waals surface area contributed by atoms with Gasteiger partial charge in [0.15, 0.2) is 23.1 Å². The number of esters is 2. The summed E-state index contributed by atoms with van der Waals surface area (Å²) in [7, 11) is 1.21. The summed E-state index contributed by atoms with van der Waals surface area (Å²) in [5.41, 5.74) is 9.31. The molecule has 41 heavy (non-hydrogen) atoms. The number of nitrogens with zero attached hydrogens (tertiary/aromatic N) is 1. The monoisotopic (exact) mass is 601 g/mol. The van der Waals surface area contributed by atoms with Gasteiger partial charge in [0, 0.05) is 35.3 Å². The van der Waals surface area contributed by atoms with Crippen molar-refractivity contribution in [2.75, 3.05) is 37.9 Å².